The summed E-state index contributed by atoms with van der Waals surface area (Å²) in [6.45, 7) is 0.475. The molecule has 25 heavy (non-hydrogen) atoms. The lowest BCUT2D eigenvalue weighted by Gasteiger charge is -2.19. The molecular weight excluding hydrogens is 379 g/mol. The van der Waals surface area contributed by atoms with E-state index in [4.69, 9.17) is 34.8 Å². The number of halogens is 3. The zero-order valence-corrected chi connectivity index (χ0v) is 16.1. The predicted octanol–water partition coefficient (Wildman–Crippen LogP) is 5.46. The Morgan fingerprint density at radius 1 is 1.00 bits per heavy atom. The zero-order chi connectivity index (χ0) is 18.1. The molecule has 0 spiro atoms. The van der Waals surface area contributed by atoms with Gasteiger partial charge < -0.3 is 10.0 Å². The fraction of sp³-hybridized carbons (Fsp3) is 0.211. The minimum Gasteiger partial charge on any atom is -0.387 e. The van der Waals surface area contributed by atoms with Crippen LogP contribution in [0.4, 0.5) is 0 Å². The summed E-state index contributed by atoms with van der Waals surface area (Å²) in [5.74, 6) is 0. The molecule has 1 atom stereocenters. The average molecular weight is 396 g/mol. The molecule has 0 saturated heterocycles. The van der Waals surface area contributed by atoms with Gasteiger partial charge in [-0.05, 0) is 50.0 Å². The van der Waals surface area contributed by atoms with Crippen molar-refractivity contribution < 1.29 is 5.11 Å². The minimum absolute atomic E-state index is 0.455. The molecule has 3 rings (SSSR count). The average Bonchev–Trinajstić information content (AvgIpc) is 2.54. The van der Waals surface area contributed by atoms with Crippen LogP contribution in [0.25, 0.3) is 22.2 Å². The molecular formula is C19H17Cl3N2O. The lowest BCUT2D eigenvalue weighted by atomic mass is 10.00. The Labute approximate surface area is 161 Å². The summed E-state index contributed by atoms with van der Waals surface area (Å²) in [4.78, 5) is 6.60. The Hall–Kier alpha value is -1.36. The first-order valence-corrected chi connectivity index (χ1v) is 8.87. The monoisotopic (exact) mass is 394 g/mol. The lowest BCUT2D eigenvalue weighted by molar-refractivity contribution is 0.139. The maximum atomic E-state index is 10.7. The molecule has 2 aromatic carbocycles. The maximum Gasteiger partial charge on any atom is 0.0924 e. The number of hydrogen-bond donors (Lipinski definition) is 1. The quantitative estimate of drug-likeness (QED) is 0.637. The van der Waals surface area contributed by atoms with E-state index < -0.39 is 6.10 Å². The second-order valence-corrected chi connectivity index (χ2v) is 7.45. The summed E-state index contributed by atoms with van der Waals surface area (Å²) in [5.41, 5.74) is 2.98. The van der Waals surface area contributed by atoms with Crippen LogP contribution in [0, 0.1) is 0 Å². The molecule has 1 N–H and O–H groups in total. The summed E-state index contributed by atoms with van der Waals surface area (Å²) in [7, 11) is 3.82. The summed E-state index contributed by atoms with van der Waals surface area (Å²) in [6.07, 6.45) is -0.693. The number of rotatable bonds is 4. The van der Waals surface area contributed by atoms with Gasteiger partial charge in [-0.1, -0.05) is 46.9 Å². The Morgan fingerprint density at radius 2 is 1.68 bits per heavy atom. The van der Waals surface area contributed by atoms with Crippen LogP contribution in [0.1, 0.15) is 11.7 Å². The van der Waals surface area contributed by atoms with E-state index in [9.17, 15) is 5.11 Å². The van der Waals surface area contributed by atoms with E-state index in [0.717, 1.165) is 22.2 Å². The van der Waals surface area contributed by atoms with Crippen LogP contribution in [0.3, 0.4) is 0 Å². The molecule has 6 heteroatoms. The first kappa shape index (κ1) is 18.4. The number of pyridine rings is 1. The number of benzene rings is 2. The maximum absolute atomic E-state index is 10.7. The van der Waals surface area contributed by atoms with Crippen LogP contribution in [-0.2, 0) is 0 Å². The Kier molecular flexibility index (Phi) is 5.52. The van der Waals surface area contributed by atoms with Gasteiger partial charge in [0.05, 0.1) is 22.3 Å². The highest BCUT2D eigenvalue weighted by molar-refractivity contribution is 6.38. The number of nitrogens with zero attached hydrogens (tertiary/aromatic N) is 2. The van der Waals surface area contributed by atoms with Crippen molar-refractivity contribution in [3.05, 3.63) is 63.1 Å². The standard InChI is InChI=1S/C19H17Cl3N2O/c1-24(2)10-18(25)14-9-17(11-3-5-12(20)6-4-11)23-19-15(14)7-13(21)8-16(19)22/h3-9,18,25H,10H2,1-2H3/t18-/m1/s1. The molecule has 0 saturated carbocycles. The number of aliphatic hydroxyl groups is 1. The molecule has 0 aliphatic rings. The van der Waals surface area contributed by atoms with Gasteiger partial charge in [0.1, 0.15) is 0 Å². The third kappa shape index (κ3) is 4.08. The summed E-state index contributed by atoms with van der Waals surface area (Å²) < 4.78 is 0. The predicted molar refractivity (Wildman–Crippen MR) is 106 cm³/mol. The van der Waals surface area contributed by atoms with Crippen molar-refractivity contribution in [2.24, 2.45) is 0 Å². The molecule has 0 aliphatic heterocycles. The van der Waals surface area contributed by atoms with Crippen LogP contribution in [-0.4, -0.2) is 35.6 Å². The van der Waals surface area contributed by atoms with Gasteiger partial charge in [-0.25, -0.2) is 4.98 Å². The summed E-state index contributed by atoms with van der Waals surface area (Å²) in [5, 5.41) is 13.1. The molecule has 0 aliphatic carbocycles. The molecule has 0 bridgehead atoms. The fourth-order valence-corrected chi connectivity index (χ4v) is 3.43. The van der Waals surface area contributed by atoms with Crippen LogP contribution in [0.2, 0.25) is 15.1 Å². The fourth-order valence-electron chi connectivity index (χ4n) is 2.77. The van der Waals surface area contributed by atoms with E-state index in [-0.39, 0.29) is 0 Å². The SMILES string of the molecule is CN(C)C[C@@H](O)c1cc(-c2ccc(Cl)cc2)nc2c(Cl)cc(Cl)cc12. The summed E-state index contributed by atoms with van der Waals surface area (Å²) in [6, 6.07) is 12.7. The minimum atomic E-state index is -0.693. The first-order chi connectivity index (χ1) is 11.8. The number of hydrogen-bond acceptors (Lipinski definition) is 3. The summed E-state index contributed by atoms with van der Waals surface area (Å²) >= 11 is 18.5. The van der Waals surface area contributed by atoms with Gasteiger partial charge in [-0.3, -0.25) is 0 Å². The number of fused-ring (bicyclic) bond motifs is 1. The van der Waals surface area contributed by atoms with E-state index >= 15 is 0 Å². The highest BCUT2D eigenvalue weighted by Gasteiger charge is 2.17. The second-order valence-electron chi connectivity index (χ2n) is 6.17. The molecule has 3 nitrogen and oxygen atoms in total. The van der Waals surface area contributed by atoms with Crippen LogP contribution in [0.5, 0.6) is 0 Å². The van der Waals surface area contributed by atoms with Gasteiger partial charge in [-0.2, -0.15) is 0 Å². The van der Waals surface area contributed by atoms with E-state index in [0.29, 0.717) is 27.1 Å². The number of aliphatic hydroxyl groups excluding tert-OH is 1. The molecule has 1 heterocycles. The number of likely N-dealkylation sites (N-methyl/N-ethyl adjacent to an activating group) is 1. The van der Waals surface area contributed by atoms with Crippen molar-refractivity contribution in [2.75, 3.05) is 20.6 Å². The zero-order valence-electron chi connectivity index (χ0n) is 13.8. The van der Waals surface area contributed by atoms with Crippen molar-refractivity contribution in [1.82, 2.24) is 9.88 Å². The van der Waals surface area contributed by atoms with Gasteiger partial charge in [0.2, 0.25) is 0 Å². The van der Waals surface area contributed by atoms with Crippen molar-refractivity contribution in [2.45, 2.75) is 6.10 Å². The normalized spacial score (nSPS) is 12.8. The third-order valence-corrected chi connectivity index (χ3v) is 4.66. The van der Waals surface area contributed by atoms with Gasteiger partial charge in [-0.15, -0.1) is 0 Å². The largest absolute Gasteiger partial charge is 0.387 e. The highest BCUT2D eigenvalue weighted by atomic mass is 35.5. The van der Waals surface area contributed by atoms with Crippen LogP contribution < -0.4 is 0 Å². The lowest BCUT2D eigenvalue weighted by Crippen LogP contribution is -2.20. The molecule has 130 valence electrons. The van der Waals surface area contributed by atoms with Crippen molar-refractivity contribution in [1.29, 1.82) is 0 Å². The van der Waals surface area contributed by atoms with E-state index in [1.54, 1.807) is 12.1 Å². The van der Waals surface area contributed by atoms with E-state index in [2.05, 4.69) is 4.98 Å². The number of aromatic nitrogens is 1. The molecule has 1 aromatic heterocycles. The molecule has 0 fully saturated rings. The van der Waals surface area contributed by atoms with Crippen molar-refractivity contribution >= 4 is 45.7 Å². The van der Waals surface area contributed by atoms with Crippen molar-refractivity contribution in [3.63, 3.8) is 0 Å². The molecule has 3 aromatic rings. The Morgan fingerprint density at radius 3 is 2.32 bits per heavy atom. The van der Waals surface area contributed by atoms with Crippen molar-refractivity contribution in [3.8, 4) is 11.3 Å². The second kappa shape index (κ2) is 7.48. The topological polar surface area (TPSA) is 36.4 Å². The molecule has 0 amide bonds. The molecule has 0 radical (unpaired) electrons. The van der Waals surface area contributed by atoms with Gasteiger partial charge in [0.25, 0.3) is 0 Å². The van der Waals surface area contributed by atoms with Gasteiger partial charge in [0.15, 0.2) is 0 Å². The van der Waals surface area contributed by atoms with Crippen LogP contribution in [0.15, 0.2) is 42.5 Å². The van der Waals surface area contributed by atoms with Gasteiger partial charge in [0, 0.05) is 27.5 Å². The van der Waals surface area contributed by atoms with E-state index in [1.165, 1.54) is 0 Å². The van der Waals surface area contributed by atoms with E-state index in [1.807, 2.05) is 49.3 Å². The Bertz CT molecular complexity index is 911. The Balaban J connectivity index is 2.24. The first-order valence-electron chi connectivity index (χ1n) is 7.73. The van der Waals surface area contributed by atoms with Gasteiger partial charge >= 0.3 is 0 Å². The van der Waals surface area contributed by atoms with Crippen LogP contribution >= 0.6 is 34.8 Å². The molecule has 0 unspecified atom stereocenters. The smallest absolute Gasteiger partial charge is 0.0924 e. The third-order valence-electron chi connectivity index (χ3n) is 3.90. The highest BCUT2D eigenvalue weighted by Crippen LogP contribution is 2.34.